The van der Waals surface area contributed by atoms with E-state index in [9.17, 15) is 9.90 Å². The minimum atomic E-state index is -2.06. The van der Waals surface area contributed by atoms with Gasteiger partial charge in [-0.2, -0.15) is 0 Å². The minimum Gasteiger partial charge on any atom is -0.478 e. The van der Waals surface area contributed by atoms with Crippen molar-refractivity contribution in [2.45, 2.75) is 90.2 Å². The Morgan fingerprint density at radius 1 is 1.04 bits per heavy atom. The molecule has 0 aliphatic carbocycles. The summed E-state index contributed by atoms with van der Waals surface area (Å²) in [6.45, 7) is 20.1. The van der Waals surface area contributed by atoms with Crippen LogP contribution in [0.4, 0.5) is 11.4 Å². The highest BCUT2D eigenvalue weighted by Crippen LogP contribution is 2.59. The van der Waals surface area contributed by atoms with Crippen LogP contribution in [0.25, 0.3) is 22.5 Å². The van der Waals surface area contributed by atoms with Crippen molar-refractivity contribution in [1.29, 1.82) is 0 Å². The third-order valence-corrected chi connectivity index (χ3v) is 16.6. The molecule has 2 unspecified atom stereocenters. The SMILES string of the molecule is CC(C)(C)[Si](C)(C)OCc1nnn(C[Si](C)(C)C)c1-c1cnc2c(c1)[N+](C)(C(c1ccccc1)C1CCOCC1)c1cc(C(=O)O)ccc1-2. The molecule has 2 aliphatic heterocycles. The number of carboxylic acid groups (broad SMARTS) is 1. The quantitative estimate of drug-likeness (QED) is 0.131. The number of carbonyl (C=O) groups is 1. The standard InChI is InChI=1S/C38H51N5O4Si2/c1-38(2,3)49(8,9)47-24-31-35(42(41-40-31)25-48(5,6)7)29-22-33-34(39-23-29)30-16-15-28(37(44)45)21-32(30)43(33,4)36(26-13-11-10-12-14-26)27-17-19-46-20-18-27/h10-16,21-23,27,36H,17-20,24-25H2,1-9H3/p+1. The van der Waals surface area contributed by atoms with Crippen LogP contribution in [0.1, 0.15) is 61.3 Å². The van der Waals surface area contributed by atoms with Crippen molar-refractivity contribution in [3.8, 4) is 22.5 Å². The molecular formula is C38H52N5O4Si2+. The van der Waals surface area contributed by atoms with Crippen LogP contribution in [-0.2, 0) is 21.9 Å². The lowest BCUT2D eigenvalue weighted by Crippen LogP contribution is -2.47. The molecular weight excluding hydrogens is 647 g/mol. The second-order valence-corrected chi connectivity index (χ2v) is 26.9. The van der Waals surface area contributed by atoms with Crippen LogP contribution < -0.4 is 4.48 Å². The lowest BCUT2D eigenvalue weighted by molar-refractivity contribution is 0.0420. The van der Waals surface area contributed by atoms with Gasteiger partial charge in [-0.05, 0) is 43.1 Å². The van der Waals surface area contributed by atoms with E-state index in [0.717, 1.165) is 58.6 Å². The second kappa shape index (κ2) is 13.0. The average molecular weight is 699 g/mol. The summed E-state index contributed by atoms with van der Waals surface area (Å²) >= 11 is 0. The molecule has 4 heterocycles. The van der Waals surface area contributed by atoms with Crippen LogP contribution in [0.3, 0.4) is 0 Å². The zero-order valence-corrected chi connectivity index (χ0v) is 32.6. The normalized spacial score (nSPS) is 19.0. The molecule has 0 bridgehead atoms. The largest absolute Gasteiger partial charge is 0.478 e. The lowest BCUT2D eigenvalue weighted by Gasteiger charge is -2.43. The Morgan fingerprint density at radius 3 is 2.37 bits per heavy atom. The third kappa shape index (κ3) is 6.71. The van der Waals surface area contributed by atoms with E-state index in [1.54, 1.807) is 6.07 Å². The number of quaternary nitrogens is 1. The molecule has 2 aliphatic rings. The van der Waals surface area contributed by atoms with Gasteiger partial charge in [0.05, 0.1) is 38.5 Å². The number of fused-ring (bicyclic) bond motifs is 3. The van der Waals surface area contributed by atoms with Crippen molar-refractivity contribution >= 4 is 33.7 Å². The van der Waals surface area contributed by atoms with Crippen molar-refractivity contribution in [1.82, 2.24) is 24.5 Å². The number of benzene rings is 2. The molecule has 0 amide bonds. The third-order valence-electron chi connectivity index (χ3n) is 10.9. The number of nitrogens with zero attached hydrogens (tertiary/aromatic N) is 5. The Bertz CT molecular complexity index is 1840. The molecule has 1 N–H and O–H groups in total. The summed E-state index contributed by atoms with van der Waals surface area (Å²) in [5, 5.41) is 19.7. The molecule has 11 heteroatoms. The number of carboxylic acids is 1. The van der Waals surface area contributed by atoms with Crippen molar-refractivity contribution in [2.24, 2.45) is 5.92 Å². The van der Waals surface area contributed by atoms with Gasteiger partial charge >= 0.3 is 5.97 Å². The van der Waals surface area contributed by atoms with E-state index in [2.05, 4.69) is 102 Å². The zero-order chi connectivity index (χ0) is 35.4. The van der Waals surface area contributed by atoms with Gasteiger partial charge in [0.2, 0.25) is 0 Å². The maximum Gasteiger partial charge on any atom is 0.335 e. The van der Waals surface area contributed by atoms with Gasteiger partial charge < -0.3 is 14.3 Å². The first-order chi connectivity index (χ1) is 23.0. The highest BCUT2D eigenvalue weighted by Gasteiger charge is 2.51. The van der Waals surface area contributed by atoms with Crippen molar-refractivity contribution < 1.29 is 19.1 Å². The molecule has 0 saturated carbocycles. The van der Waals surface area contributed by atoms with Crippen LogP contribution >= 0.6 is 0 Å². The molecule has 0 spiro atoms. The van der Waals surface area contributed by atoms with Gasteiger partial charge in [-0.25, -0.2) is 14.5 Å². The molecule has 9 nitrogen and oxygen atoms in total. The average Bonchev–Trinajstić information content (AvgIpc) is 3.55. The second-order valence-electron chi connectivity index (χ2n) is 16.7. The minimum absolute atomic E-state index is 0.0117. The molecule has 6 rings (SSSR count). The molecule has 260 valence electrons. The summed E-state index contributed by atoms with van der Waals surface area (Å²) < 4.78 is 15.1. The van der Waals surface area contributed by atoms with Gasteiger partial charge in [-0.15, -0.1) is 5.10 Å². The van der Waals surface area contributed by atoms with E-state index in [4.69, 9.17) is 24.5 Å². The summed E-state index contributed by atoms with van der Waals surface area (Å²) in [5.74, 6) is -0.626. The maximum absolute atomic E-state index is 12.4. The highest BCUT2D eigenvalue weighted by molar-refractivity contribution is 6.75. The topological polar surface area (TPSA) is 99.4 Å². The molecule has 2 aromatic heterocycles. The first-order valence-corrected chi connectivity index (χ1v) is 24.1. The van der Waals surface area contributed by atoms with Crippen molar-refractivity contribution in [2.75, 3.05) is 20.3 Å². The number of hydrogen-bond acceptors (Lipinski definition) is 6. The van der Waals surface area contributed by atoms with Crippen LogP contribution in [0.5, 0.6) is 0 Å². The number of hydrogen-bond donors (Lipinski definition) is 1. The molecule has 0 radical (unpaired) electrons. The Kier molecular flexibility index (Phi) is 9.38. The molecule has 1 fully saturated rings. The first kappa shape index (κ1) is 35.3. The summed E-state index contributed by atoms with van der Waals surface area (Å²) in [6.07, 6.45) is 4.61. The van der Waals surface area contributed by atoms with Crippen molar-refractivity contribution in [3.63, 3.8) is 0 Å². The van der Waals surface area contributed by atoms with Crippen LogP contribution in [0.15, 0.2) is 60.8 Å². The summed E-state index contributed by atoms with van der Waals surface area (Å²) in [5.41, 5.74) is 8.08. The van der Waals surface area contributed by atoms with Crippen molar-refractivity contribution in [3.05, 3.63) is 77.6 Å². The van der Waals surface area contributed by atoms with E-state index in [0.29, 0.717) is 30.2 Å². The van der Waals surface area contributed by atoms with E-state index in [1.807, 2.05) is 18.3 Å². The monoisotopic (exact) mass is 698 g/mol. The fraction of sp³-hybridized carbons (Fsp3) is 0.474. The zero-order valence-electron chi connectivity index (χ0n) is 30.6. The lowest BCUT2D eigenvalue weighted by atomic mass is 9.84. The molecule has 4 aromatic rings. The molecule has 1 saturated heterocycles. The maximum atomic E-state index is 12.4. The van der Waals surface area contributed by atoms with Gasteiger partial charge in [-0.3, -0.25) is 4.48 Å². The summed E-state index contributed by atoms with van der Waals surface area (Å²) in [7, 11) is -1.42. The fourth-order valence-electron chi connectivity index (χ4n) is 7.28. The van der Waals surface area contributed by atoms with Crippen LogP contribution in [-0.4, -0.2) is 67.7 Å². The van der Waals surface area contributed by atoms with E-state index in [-0.39, 0.29) is 16.6 Å². The van der Waals surface area contributed by atoms with E-state index >= 15 is 0 Å². The number of ether oxygens (including phenoxy) is 1. The number of aromatic carboxylic acids is 1. The van der Waals surface area contributed by atoms with Gasteiger partial charge in [0.1, 0.15) is 23.1 Å². The molecule has 49 heavy (non-hydrogen) atoms. The Balaban J connectivity index is 1.56. The highest BCUT2D eigenvalue weighted by atomic mass is 28.4. The fourth-order valence-corrected chi connectivity index (χ4v) is 9.33. The summed E-state index contributed by atoms with van der Waals surface area (Å²) in [4.78, 5) is 17.6. The number of pyridine rings is 1. The Morgan fingerprint density at radius 2 is 1.73 bits per heavy atom. The predicted molar refractivity (Wildman–Crippen MR) is 201 cm³/mol. The molecule has 2 aromatic carbocycles. The Hall–Kier alpha value is -3.49. The van der Waals surface area contributed by atoms with E-state index in [1.165, 1.54) is 5.56 Å². The Labute approximate surface area is 293 Å². The number of aromatic nitrogens is 4. The molecule has 2 atom stereocenters. The van der Waals surface area contributed by atoms with Crippen LogP contribution in [0, 0.1) is 5.92 Å². The van der Waals surface area contributed by atoms with E-state index < -0.39 is 22.4 Å². The smallest absolute Gasteiger partial charge is 0.335 e. The first-order valence-electron chi connectivity index (χ1n) is 17.5. The van der Waals surface area contributed by atoms with Gasteiger partial charge in [-0.1, -0.05) is 76.0 Å². The van der Waals surface area contributed by atoms with Crippen LogP contribution in [0.2, 0.25) is 37.8 Å². The summed E-state index contributed by atoms with van der Waals surface area (Å²) in [6, 6.07) is 18.5. The van der Waals surface area contributed by atoms with Gasteiger partial charge in [0.25, 0.3) is 0 Å². The number of rotatable bonds is 10. The van der Waals surface area contributed by atoms with Gasteiger partial charge in [0.15, 0.2) is 14.0 Å². The predicted octanol–water partition coefficient (Wildman–Crippen LogP) is 8.85. The van der Waals surface area contributed by atoms with Gasteiger partial charge in [0, 0.05) is 54.8 Å².